The van der Waals surface area contributed by atoms with E-state index in [-0.39, 0.29) is 12.5 Å². The summed E-state index contributed by atoms with van der Waals surface area (Å²) in [7, 11) is 1.96. The zero-order valence-corrected chi connectivity index (χ0v) is 14.3. The van der Waals surface area contributed by atoms with E-state index in [4.69, 9.17) is 11.6 Å². The zero-order chi connectivity index (χ0) is 17.1. The molecule has 3 rings (SSSR count). The van der Waals surface area contributed by atoms with Crippen LogP contribution in [0.15, 0.2) is 30.3 Å². The molecule has 1 aliphatic carbocycles. The number of nitrogens with zero attached hydrogens (tertiary/aromatic N) is 3. The van der Waals surface area contributed by atoms with Gasteiger partial charge < -0.3 is 10.4 Å². The molecule has 0 saturated heterocycles. The smallest absolute Gasteiger partial charge is 0.239 e. The summed E-state index contributed by atoms with van der Waals surface area (Å²) in [6.45, 7) is 0.625. The molecule has 0 unspecified atom stereocenters. The number of aliphatic hydroxyl groups excluding tert-OH is 1. The molecule has 0 radical (unpaired) electrons. The average Bonchev–Trinajstić information content (AvgIpc) is 3.33. The van der Waals surface area contributed by atoms with Gasteiger partial charge in [-0.3, -0.25) is 9.69 Å². The van der Waals surface area contributed by atoms with E-state index in [1.54, 1.807) is 16.8 Å². The Morgan fingerprint density at radius 2 is 2.12 bits per heavy atom. The fraction of sp³-hybridized carbons (Fsp3) is 0.412. The van der Waals surface area contributed by atoms with Crippen LogP contribution in [-0.2, 0) is 11.3 Å². The first kappa shape index (κ1) is 17.0. The lowest BCUT2D eigenvalue weighted by atomic mass is 10.1. The third-order valence-electron chi connectivity index (χ3n) is 4.06. The SMILES string of the molecule is CN(CC(=O)Nc1cc(-c2ccc(Cl)cc2)nn1CCO)C1CC1. The molecule has 0 spiro atoms. The van der Waals surface area contributed by atoms with E-state index < -0.39 is 0 Å². The van der Waals surface area contributed by atoms with Crippen molar-refractivity contribution < 1.29 is 9.90 Å². The minimum absolute atomic E-state index is 0.0490. The lowest BCUT2D eigenvalue weighted by molar-refractivity contribution is -0.117. The number of carbonyl (C=O) groups excluding carboxylic acids is 1. The van der Waals surface area contributed by atoms with Crippen LogP contribution in [0.3, 0.4) is 0 Å². The van der Waals surface area contributed by atoms with Crippen molar-refractivity contribution in [3.05, 3.63) is 35.4 Å². The maximum absolute atomic E-state index is 12.2. The van der Waals surface area contributed by atoms with Crippen molar-refractivity contribution in [2.75, 3.05) is 25.5 Å². The van der Waals surface area contributed by atoms with Gasteiger partial charge in [-0.05, 0) is 32.0 Å². The summed E-state index contributed by atoms with van der Waals surface area (Å²) in [5.41, 5.74) is 1.63. The molecule has 128 valence electrons. The van der Waals surface area contributed by atoms with Gasteiger partial charge in [0.2, 0.25) is 5.91 Å². The molecule has 1 fully saturated rings. The molecule has 1 aromatic carbocycles. The number of likely N-dealkylation sites (N-methyl/N-ethyl adjacent to an activating group) is 1. The predicted molar refractivity (Wildman–Crippen MR) is 94.0 cm³/mol. The lowest BCUT2D eigenvalue weighted by Gasteiger charge is -2.15. The van der Waals surface area contributed by atoms with Gasteiger partial charge in [0.05, 0.1) is 25.4 Å². The first-order chi connectivity index (χ1) is 11.6. The van der Waals surface area contributed by atoms with Crippen molar-refractivity contribution in [3.63, 3.8) is 0 Å². The van der Waals surface area contributed by atoms with Gasteiger partial charge in [0, 0.05) is 22.7 Å². The highest BCUT2D eigenvalue weighted by molar-refractivity contribution is 6.30. The second kappa shape index (κ2) is 7.34. The summed E-state index contributed by atoms with van der Waals surface area (Å²) >= 11 is 5.91. The van der Waals surface area contributed by atoms with Crippen molar-refractivity contribution in [1.82, 2.24) is 14.7 Å². The summed E-state index contributed by atoms with van der Waals surface area (Å²) in [6, 6.07) is 9.69. The number of rotatable bonds is 7. The van der Waals surface area contributed by atoms with Gasteiger partial charge in [-0.1, -0.05) is 23.7 Å². The maximum atomic E-state index is 12.2. The number of hydrogen-bond acceptors (Lipinski definition) is 4. The molecular formula is C17H21ClN4O2. The largest absolute Gasteiger partial charge is 0.394 e. The molecule has 1 aliphatic rings. The van der Waals surface area contributed by atoms with Gasteiger partial charge in [0.1, 0.15) is 5.82 Å². The van der Waals surface area contributed by atoms with Crippen molar-refractivity contribution >= 4 is 23.3 Å². The number of halogens is 1. The highest BCUT2D eigenvalue weighted by atomic mass is 35.5. The number of amides is 1. The standard InChI is InChI=1S/C17H21ClN4O2/c1-21(14-6-7-14)11-17(24)19-16-10-15(20-22(16)8-9-23)12-2-4-13(18)5-3-12/h2-5,10,14,23H,6-9,11H2,1H3,(H,19,24). The Labute approximate surface area is 146 Å². The van der Waals surface area contributed by atoms with Gasteiger partial charge in [-0.25, -0.2) is 4.68 Å². The molecule has 6 nitrogen and oxygen atoms in total. The fourth-order valence-corrected chi connectivity index (χ4v) is 2.72. The molecule has 2 aromatic rings. The molecule has 0 atom stereocenters. The van der Waals surface area contributed by atoms with Crippen LogP contribution in [0, 0.1) is 0 Å². The predicted octanol–water partition coefficient (Wildman–Crippen LogP) is 2.23. The first-order valence-corrected chi connectivity index (χ1v) is 8.39. The summed E-state index contributed by atoms with van der Waals surface area (Å²) in [5.74, 6) is 0.509. The number of nitrogens with one attached hydrogen (secondary N) is 1. The zero-order valence-electron chi connectivity index (χ0n) is 13.6. The van der Waals surface area contributed by atoms with E-state index in [9.17, 15) is 9.90 Å². The van der Waals surface area contributed by atoms with Gasteiger partial charge in [-0.2, -0.15) is 5.10 Å². The molecule has 0 aliphatic heterocycles. The minimum atomic E-state index is -0.0776. The Morgan fingerprint density at radius 3 is 2.75 bits per heavy atom. The maximum Gasteiger partial charge on any atom is 0.239 e. The Bertz CT molecular complexity index is 710. The Morgan fingerprint density at radius 1 is 1.42 bits per heavy atom. The van der Waals surface area contributed by atoms with Crippen LogP contribution in [0.25, 0.3) is 11.3 Å². The summed E-state index contributed by atoms with van der Waals surface area (Å²) < 4.78 is 1.61. The van der Waals surface area contributed by atoms with Crippen molar-refractivity contribution in [1.29, 1.82) is 0 Å². The molecule has 1 heterocycles. The summed E-state index contributed by atoms with van der Waals surface area (Å²) in [4.78, 5) is 14.3. The number of hydrogen-bond donors (Lipinski definition) is 2. The molecule has 24 heavy (non-hydrogen) atoms. The average molecular weight is 349 g/mol. The topological polar surface area (TPSA) is 70.4 Å². The van der Waals surface area contributed by atoms with Gasteiger partial charge in [0.15, 0.2) is 0 Å². The highest BCUT2D eigenvalue weighted by Gasteiger charge is 2.27. The number of benzene rings is 1. The molecule has 2 N–H and O–H groups in total. The van der Waals surface area contributed by atoms with Crippen molar-refractivity contribution in [2.24, 2.45) is 0 Å². The second-order valence-electron chi connectivity index (χ2n) is 6.06. The van der Waals surface area contributed by atoms with E-state index >= 15 is 0 Å². The van der Waals surface area contributed by atoms with Crippen LogP contribution in [0.2, 0.25) is 5.02 Å². The lowest BCUT2D eigenvalue weighted by Crippen LogP contribution is -2.32. The van der Waals surface area contributed by atoms with Crippen LogP contribution >= 0.6 is 11.6 Å². The number of carbonyl (C=O) groups is 1. The number of anilines is 1. The van der Waals surface area contributed by atoms with Gasteiger partial charge >= 0.3 is 0 Å². The van der Waals surface area contributed by atoms with E-state index in [1.165, 1.54) is 0 Å². The van der Waals surface area contributed by atoms with Crippen LogP contribution in [0.4, 0.5) is 5.82 Å². The summed E-state index contributed by atoms with van der Waals surface area (Å²) in [6.07, 6.45) is 2.32. The van der Waals surface area contributed by atoms with E-state index in [1.807, 2.05) is 25.2 Å². The van der Waals surface area contributed by atoms with Crippen LogP contribution in [0.1, 0.15) is 12.8 Å². The quantitative estimate of drug-likeness (QED) is 0.805. The first-order valence-electron chi connectivity index (χ1n) is 8.01. The normalized spacial score (nSPS) is 14.2. The highest BCUT2D eigenvalue weighted by Crippen LogP contribution is 2.26. The third-order valence-corrected chi connectivity index (χ3v) is 4.31. The molecule has 7 heteroatoms. The van der Waals surface area contributed by atoms with E-state index in [0.29, 0.717) is 30.0 Å². The van der Waals surface area contributed by atoms with Crippen LogP contribution in [-0.4, -0.2) is 51.9 Å². The minimum Gasteiger partial charge on any atom is -0.394 e. The molecule has 1 aromatic heterocycles. The molecule has 0 bridgehead atoms. The Balaban J connectivity index is 1.75. The van der Waals surface area contributed by atoms with Crippen molar-refractivity contribution in [2.45, 2.75) is 25.4 Å². The van der Waals surface area contributed by atoms with Gasteiger partial charge in [0.25, 0.3) is 0 Å². The number of aliphatic hydroxyl groups is 1. The fourth-order valence-electron chi connectivity index (χ4n) is 2.60. The van der Waals surface area contributed by atoms with E-state index in [2.05, 4.69) is 15.3 Å². The third kappa shape index (κ3) is 4.14. The van der Waals surface area contributed by atoms with Crippen LogP contribution in [0.5, 0.6) is 0 Å². The Hall–Kier alpha value is -1.89. The number of aromatic nitrogens is 2. The van der Waals surface area contributed by atoms with Gasteiger partial charge in [-0.15, -0.1) is 0 Å². The van der Waals surface area contributed by atoms with Crippen LogP contribution < -0.4 is 5.32 Å². The van der Waals surface area contributed by atoms with E-state index in [0.717, 1.165) is 24.1 Å². The molecule has 1 amide bonds. The Kier molecular flexibility index (Phi) is 5.18. The summed E-state index contributed by atoms with van der Waals surface area (Å²) in [5, 5.41) is 17.2. The van der Waals surface area contributed by atoms with Crippen molar-refractivity contribution in [3.8, 4) is 11.3 Å². The monoisotopic (exact) mass is 348 g/mol. The molecule has 1 saturated carbocycles. The molecular weight excluding hydrogens is 328 g/mol. The second-order valence-corrected chi connectivity index (χ2v) is 6.50.